The van der Waals surface area contributed by atoms with E-state index in [1.807, 2.05) is 48.5 Å². The number of rotatable bonds is 12. The van der Waals surface area contributed by atoms with Gasteiger partial charge in [-0.05, 0) is 62.4 Å². The van der Waals surface area contributed by atoms with Crippen molar-refractivity contribution < 1.29 is 23.2 Å². The quantitative estimate of drug-likeness (QED) is 0.198. The Kier molecular flexibility index (Phi) is 21.0. The minimum absolute atomic E-state index is 0.0391. The fraction of sp³-hybridized carbons (Fsp3) is 0.432. The Balaban J connectivity index is 0.000000580. The zero-order chi connectivity index (χ0) is 34.2. The molecule has 1 saturated heterocycles. The van der Waals surface area contributed by atoms with E-state index in [9.17, 15) is 23.2 Å². The maximum absolute atomic E-state index is 13.2. The number of primary amides is 1. The van der Waals surface area contributed by atoms with Crippen molar-refractivity contribution >= 4 is 17.7 Å². The molecule has 1 aliphatic heterocycles. The van der Waals surface area contributed by atoms with Crippen LogP contribution in [0.1, 0.15) is 76.0 Å². The molecule has 0 aromatic heterocycles. The van der Waals surface area contributed by atoms with Gasteiger partial charge in [0.2, 0.25) is 17.7 Å². The molecule has 0 unspecified atom stereocenters. The molecule has 1 heterocycles. The number of nitrogens with two attached hydrogens (primary N) is 1. The Hall–Kier alpha value is -4.11. The molecule has 3 amide bonds. The average molecular weight is 639 g/mol. The molecule has 0 bridgehead atoms. The fourth-order valence-electron chi connectivity index (χ4n) is 4.40. The molecule has 0 radical (unpaired) electrons. The van der Waals surface area contributed by atoms with E-state index >= 15 is 0 Å². The number of aryl methyl sites for hydroxylation is 2. The highest BCUT2D eigenvalue weighted by Crippen LogP contribution is 2.18. The molecule has 0 aliphatic carbocycles. The van der Waals surface area contributed by atoms with E-state index in [-0.39, 0.29) is 17.7 Å². The van der Waals surface area contributed by atoms with Crippen molar-refractivity contribution in [3.05, 3.63) is 107 Å². The number of halogens is 2. The first-order chi connectivity index (χ1) is 22.1. The first-order valence-corrected chi connectivity index (χ1v) is 16.1. The van der Waals surface area contributed by atoms with Gasteiger partial charge in [0.1, 0.15) is 17.7 Å². The molecule has 1 fully saturated rings. The van der Waals surface area contributed by atoms with E-state index in [2.05, 4.69) is 49.3 Å². The number of nitrogens with zero attached hydrogens (tertiary/aromatic N) is 1. The highest BCUT2D eigenvalue weighted by molar-refractivity contribution is 5.88. The number of carbonyl (C=O) groups is 3. The van der Waals surface area contributed by atoms with E-state index in [1.165, 1.54) is 37.5 Å². The van der Waals surface area contributed by atoms with Crippen LogP contribution in [0.15, 0.2) is 78.9 Å². The monoisotopic (exact) mass is 638 g/mol. The standard InChI is InChI=1S/C24H29F2N3O2.C7H8.C4H10.C2H5NO/c25-20-14-19(15-21(26)16-20)17-27-11-5-12-28-24(31)22(29-13-4-8-23(29)30)10-9-18-6-2-1-3-7-18;1-7-5-3-2-4-6-7;1-3-4-2;1-2(3)4/h1-3,6-7,14-16,22,27H,4-5,8-13,17H2,(H,28,31);2-6H,1H3;3-4H2,1-2H3;1H3,(H2,3,4)/t22-;;;/m0.../s1. The van der Waals surface area contributed by atoms with Crippen LogP contribution in [0.25, 0.3) is 0 Å². The van der Waals surface area contributed by atoms with Gasteiger partial charge < -0.3 is 21.3 Å². The lowest BCUT2D eigenvalue weighted by atomic mass is 10.0. The molecular formula is C37H52F2N4O3. The maximum Gasteiger partial charge on any atom is 0.242 e. The van der Waals surface area contributed by atoms with E-state index in [1.54, 1.807) is 4.90 Å². The first-order valence-electron chi connectivity index (χ1n) is 16.1. The van der Waals surface area contributed by atoms with Gasteiger partial charge in [-0.25, -0.2) is 8.78 Å². The molecule has 9 heteroatoms. The summed E-state index contributed by atoms with van der Waals surface area (Å²) in [7, 11) is 0. The highest BCUT2D eigenvalue weighted by atomic mass is 19.1. The summed E-state index contributed by atoms with van der Waals surface area (Å²) in [6.07, 6.45) is 5.92. The second-order valence-electron chi connectivity index (χ2n) is 11.1. The van der Waals surface area contributed by atoms with Gasteiger partial charge in [0.05, 0.1) is 0 Å². The van der Waals surface area contributed by atoms with Crippen molar-refractivity contribution in [3.63, 3.8) is 0 Å². The van der Waals surface area contributed by atoms with Crippen LogP contribution in [0.5, 0.6) is 0 Å². The molecule has 252 valence electrons. The minimum Gasteiger partial charge on any atom is -0.370 e. The third-order valence-corrected chi connectivity index (χ3v) is 6.86. The van der Waals surface area contributed by atoms with Crippen molar-refractivity contribution in [2.24, 2.45) is 5.73 Å². The van der Waals surface area contributed by atoms with Crippen LogP contribution in [0.2, 0.25) is 0 Å². The first kappa shape index (κ1) is 39.9. The van der Waals surface area contributed by atoms with Crippen LogP contribution in [0.4, 0.5) is 8.78 Å². The Morgan fingerprint density at radius 3 is 1.93 bits per heavy atom. The van der Waals surface area contributed by atoms with E-state index in [4.69, 9.17) is 0 Å². The molecule has 0 saturated carbocycles. The molecule has 4 N–H and O–H groups in total. The van der Waals surface area contributed by atoms with Gasteiger partial charge in [0, 0.05) is 39.0 Å². The molecule has 3 aromatic rings. The van der Waals surface area contributed by atoms with Gasteiger partial charge in [-0.1, -0.05) is 92.9 Å². The zero-order valence-electron chi connectivity index (χ0n) is 27.9. The summed E-state index contributed by atoms with van der Waals surface area (Å²) in [6, 6.07) is 23.2. The second kappa shape index (κ2) is 24.2. The zero-order valence-corrected chi connectivity index (χ0v) is 27.9. The number of carbonyl (C=O) groups excluding carboxylic acids is 3. The third kappa shape index (κ3) is 18.6. The largest absolute Gasteiger partial charge is 0.370 e. The number of amides is 3. The molecule has 3 aromatic carbocycles. The number of hydrogen-bond donors (Lipinski definition) is 3. The third-order valence-electron chi connectivity index (χ3n) is 6.86. The lowest BCUT2D eigenvalue weighted by Crippen LogP contribution is -2.48. The maximum atomic E-state index is 13.2. The van der Waals surface area contributed by atoms with Crippen LogP contribution in [-0.2, 0) is 27.3 Å². The molecule has 7 nitrogen and oxygen atoms in total. The number of unbranched alkanes of at least 4 members (excludes halogenated alkanes) is 1. The summed E-state index contributed by atoms with van der Waals surface area (Å²) in [6.45, 7) is 9.78. The van der Waals surface area contributed by atoms with E-state index < -0.39 is 17.7 Å². The van der Waals surface area contributed by atoms with Crippen LogP contribution < -0.4 is 16.4 Å². The summed E-state index contributed by atoms with van der Waals surface area (Å²) >= 11 is 0. The second-order valence-corrected chi connectivity index (χ2v) is 11.1. The number of nitrogens with one attached hydrogen (secondary N) is 2. The van der Waals surface area contributed by atoms with Gasteiger partial charge in [0.25, 0.3) is 0 Å². The SMILES string of the molecule is CC(N)=O.CCCC.Cc1ccccc1.O=C(NCCCNCc1cc(F)cc(F)c1)[C@H](CCc1ccccc1)N1CCCC1=O. The van der Waals surface area contributed by atoms with Gasteiger partial charge in [0.15, 0.2) is 0 Å². The van der Waals surface area contributed by atoms with Crippen LogP contribution in [0, 0.1) is 18.6 Å². The van der Waals surface area contributed by atoms with Crippen LogP contribution in [-0.4, -0.2) is 48.3 Å². The summed E-state index contributed by atoms with van der Waals surface area (Å²) < 4.78 is 26.4. The summed E-state index contributed by atoms with van der Waals surface area (Å²) in [4.78, 5) is 36.0. The molecule has 1 atom stereocenters. The Labute approximate surface area is 274 Å². The van der Waals surface area contributed by atoms with Crippen molar-refractivity contribution in [2.45, 2.75) is 85.2 Å². The number of benzene rings is 3. The van der Waals surface area contributed by atoms with Crippen molar-refractivity contribution in [1.29, 1.82) is 0 Å². The Morgan fingerprint density at radius 2 is 1.46 bits per heavy atom. The predicted molar refractivity (Wildman–Crippen MR) is 182 cm³/mol. The topological polar surface area (TPSA) is 105 Å². The van der Waals surface area contributed by atoms with Gasteiger partial charge >= 0.3 is 0 Å². The number of likely N-dealkylation sites (tertiary alicyclic amines) is 1. The minimum atomic E-state index is -0.595. The molecular weight excluding hydrogens is 586 g/mol. The van der Waals surface area contributed by atoms with Crippen molar-refractivity contribution in [3.8, 4) is 0 Å². The normalized spacial score (nSPS) is 12.4. The van der Waals surface area contributed by atoms with Gasteiger partial charge in [-0.15, -0.1) is 0 Å². The predicted octanol–water partition coefficient (Wildman–Crippen LogP) is 6.48. The van der Waals surface area contributed by atoms with Crippen LogP contribution >= 0.6 is 0 Å². The lowest BCUT2D eigenvalue weighted by molar-refractivity contribution is -0.137. The summed E-state index contributed by atoms with van der Waals surface area (Å²) in [5.74, 6) is -1.61. The summed E-state index contributed by atoms with van der Waals surface area (Å²) in [5, 5.41) is 6.06. The van der Waals surface area contributed by atoms with E-state index in [0.29, 0.717) is 51.0 Å². The Morgan fingerprint density at radius 1 is 0.891 bits per heavy atom. The smallest absolute Gasteiger partial charge is 0.242 e. The van der Waals surface area contributed by atoms with Crippen molar-refractivity contribution in [2.75, 3.05) is 19.6 Å². The average Bonchev–Trinajstić information content (AvgIpc) is 3.45. The van der Waals surface area contributed by atoms with Gasteiger partial charge in [-0.2, -0.15) is 0 Å². The lowest BCUT2D eigenvalue weighted by Gasteiger charge is -2.27. The molecule has 46 heavy (non-hydrogen) atoms. The fourth-order valence-corrected chi connectivity index (χ4v) is 4.40. The Bertz CT molecular complexity index is 1250. The molecule has 1 aliphatic rings. The highest BCUT2D eigenvalue weighted by Gasteiger charge is 2.32. The molecule has 0 spiro atoms. The van der Waals surface area contributed by atoms with Crippen LogP contribution in [0.3, 0.4) is 0 Å². The number of hydrogen-bond acceptors (Lipinski definition) is 4. The van der Waals surface area contributed by atoms with Gasteiger partial charge in [-0.3, -0.25) is 14.4 Å². The summed E-state index contributed by atoms with van der Waals surface area (Å²) in [5.41, 5.74) is 7.47. The van der Waals surface area contributed by atoms with Crippen molar-refractivity contribution in [1.82, 2.24) is 15.5 Å². The van der Waals surface area contributed by atoms with E-state index in [0.717, 1.165) is 24.5 Å². The molecule has 4 rings (SSSR count).